The van der Waals surface area contributed by atoms with Crippen molar-refractivity contribution < 1.29 is 14.3 Å². The summed E-state index contributed by atoms with van der Waals surface area (Å²) >= 11 is 0. The maximum Gasteiger partial charge on any atom is 0.223 e. The summed E-state index contributed by atoms with van der Waals surface area (Å²) in [6.07, 6.45) is 2.22. The minimum atomic E-state index is -0.437. The number of carbonyl (C=O) groups excluding carboxylic acids is 2. The summed E-state index contributed by atoms with van der Waals surface area (Å²) in [5.41, 5.74) is 6.14. The van der Waals surface area contributed by atoms with Gasteiger partial charge in [-0.1, -0.05) is 0 Å². The van der Waals surface area contributed by atoms with E-state index in [0.717, 1.165) is 49.8 Å². The smallest absolute Gasteiger partial charge is 0.223 e. The summed E-state index contributed by atoms with van der Waals surface area (Å²) in [6, 6.07) is 2.06. The number of ether oxygens (including phenoxy) is 1. The number of nitrogens with zero attached hydrogens (tertiary/aromatic N) is 4. The summed E-state index contributed by atoms with van der Waals surface area (Å²) < 4.78 is 5.42. The average Bonchev–Trinajstić information content (AvgIpc) is 2.66. The van der Waals surface area contributed by atoms with E-state index >= 15 is 0 Å². The first kappa shape index (κ1) is 18.6. The van der Waals surface area contributed by atoms with Crippen LogP contribution in [0.3, 0.4) is 0 Å². The Labute approximate surface area is 153 Å². The molecule has 0 aliphatic carbocycles. The Morgan fingerprint density at radius 3 is 2.73 bits per heavy atom. The van der Waals surface area contributed by atoms with Crippen molar-refractivity contribution in [1.82, 2.24) is 14.9 Å². The molecule has 142 valence electrons. The second-order valence-electron chi connectivity index (χ2n) is 6.94. The normalized spacial score (nSPS) is 20.9. The van der Waals surface area contributed by atoms with Crippen molar-refractivity contribution in [3.63, 3.8) is 0 Å². The van der Waals surface area contributed by atoms with Crippen molar-refractivity contribution in [1.29, 1.82) is 0 Å². The first-order valence-electron chi connectivity index (χ1n) is 9.27. The molecule has 0 saturated carbocycles. The number of nitrogens with two attached hydrogens (primary N) is 1. The highest BCUT2D eigenvalue weighted by Gasteiger charge is 2.27. The van der Waals surface area contributed by atoms with Gasteiger partial charge in [-0.15, -0.1) is 0 Å². The molecule has 8 nitrogen and oxygen atoms in total. The van der Waals surface area contributed by atoms with E-state index in [2.05, 4.69) is 20.9 Å². The van der Waals surface area contributed by atoms with Gasteiger partial charge in [0.25, 0.3) is 0 Å². The fourth-order valence-corrected chi connectivity index (χ4v) is 3.57. The van der Waals surface area contributed by atoms with Crippen LogP contribution >= 0.6 is 0 Å². The summed E-state index contributed by atoms with van der Waals surface area (Å²) in [5.74, 6) is 1.44. The summed E-state index contributed by atoms with van der Waals surface area (Å²) in [7, 11) is 0. The molecule has 1 aromatic heterocycles. The maximum atomic E-state index is 12.3. The van der Waals surface area contributed by atoms with E-state index in [1.807, 2.05) is 11.8 Å². The molecule has 0 aromatic carbocycles. The largest absolute Gasteiger partial charge is 0.378 e. The van der Waals surface area contributed by atoms with Gasteiger partial charge in [-0.3, -0.25) is 9.59 Å². The maximum absolute atomic E-state index is 12.3. The van der Waals surface area contributed by atoms with Crippen molar-refractivity contribution in [2.45, 2.75) is 38.5 Å². The van der Waals surface area contributed by atoms with Crippen molar-refractivity contribution in [3.05, 3.63) is 17.6 Å². The van der Waals surface area contributed by atoms with E-state index in [0.29, 0.717) is 19.8 Å². The number of aryl methyl sites for hydroxylation is 1. The van der Waals surface area contributed by atoms with Gasteiger partial charge in [0.2, 0.25) is 11.8 Å². The lowest BCUT2D eigenvalue weighted by atomic mass is 9.94. The van der Waals surface area contributed by atoms with Gasteiger partial charge in [-0.25, -0.2) is 9.97 Å². The minimum Gasteiger partial charge on any atom is -0.378 e. The van der Waals surface area contributed by atoms with Crippen LogP contribution in [0.25, 0.3) is 0 Å². The van der Waals surface area contributed by atoms with E-state index in [1.54, 1.807) is 0 Å². The Morgan fingerprint density at radius 1 is 1.23 bits per heavy atom. The third-order valence-corrected chi connectivity index (χ3v) is 4.96. The second-order valence-corrected chi connectivity index (χ2v) is 6.94. The van der Waals surface area contributed by atoms with Gasteiger partial charge in [-0.2, -0.15) is 0 Å². The van der Waals surface area contributed by atoms with Crippen LogP contribution in [0.5, 0.6) is 0 Å². The molecular weight excluding hydrogens is 334 g/mol. The molecule has 0 spiro atoms. The molecule has 1 aromatic rings. The van der Waals surface area contributed by atoms with Crippen molar-refractivity contribution in [2.75, 3.05) is 44.3 Å². The fourth-order valence-electron chi connectivity index (χ4n) is 3.57. The van der Waals surface area contributed by atoms with Crippen LogP contribution in [-0.4, -0.2) is 66.1 Å². The van der Waals surface area contributed by atoms with Crippen molar-refractivity contribution in [3.8, 4) is 0 Å². The fraction of sp³-hybridized carbons (Fsp3) is 0.667. The molecule has 2 saturated heterocycles. The summed E-state index contributed by atoms with van der Waals surface area (Å²) in [4.78, 5) is 36.5. The standard InChI is InChI=1S/C18H27N5O3/c1-13-20-15(11-17(21-13)22-7-9-26-10-8-22)14-3-2-6-23(12-14)18(25)5-4-16(19)24/h11,14H,2-10,12H2,1H3,(H2,19,24)/t14-/m1/s1. The average molecular weight is 361 g/mol. The Balaban J connectivity index is 1.70. The number of carbonyl (C=O) groups is 2. The second kappa shape index (κ2) is 8.44. The van der Waals surface area contributed by atoms with E-state index in [1.165, 1.54) is 0 Å². The van der Waals surface area contributed by atoms with E-state index < -0.39 is 5.91 Å². The molecule has 26 heavy (non-hydrogen) atoms. The lowest BCUT2D eigenvalue weighted by molar-refractivity contribution is -0.134. The predicted molar refractivity (Wildman–Crippen MR) is 96.8 cm³/mol. The zero-order chi connectivity index (χ0) is 18.5. The van der Waals surface area contributed by atoms with Crippen LogP contribution in [-0.2, 0) is 14.3 Å². The number of aromatic nitrogens is 2. The molecule has 3 rings (SSSR count). The Hall–Kier alpha value is -2.22. The minimum absolute atomic E-state index is 0.00678. The van der Waals surface area contributed by atoms with Gasteiger partial charge in [0.15, 0.2) is 0 Å². The molecule has 0 unspecified atom stereocenters. The molecule has 2 aliphatic rings. The molecule has 8 heteroatoms. The highest BCUT2D eigenvalue weighted by Crippen LogP contribution is 2.28. The third kappa shape index (κ3) is 4.69. The Bertz CT molecular complexity index is 660. The van der Waals surface area contributed by atoms with Gasteiger partial charge in [-0.05, 0) is 19.8 Å². The van der Waals surface area contributed by atoms with Crippen LogP contribution in [0.4, 0.5) is 5.82 Å². The molecule has 1 atom stereocenters. The highest BCUT2D eigenvalue weighted by atomic mass is 16.5. The van der Waals surface area contributed by atoms with Crippen molar-refractivity contribution >= 4 is 17.6 Å². The van der Waals surface area contributed by atoms with E-state index in [9.17, 15) is 9.59 Å². The first-order chi connectivity index (χ1) is 12.5. The number of anilines is 1. The monoisotopic (exact) mass is 361 g/mol. The van der Waals surface area contributed by atoms with Gasteiger partial charge in [0.1, 0.15) is 11.6 Å². The van der Waals surface area contributed by atoms with E-state index in [-0.39, 0.29) is 24.7 Å². The number of likely N-dealkylation sites (tertiary alicyclic amines) is 1. The van der Waals surface area contributed by atoms with Crippen LogP contribution in [0.1, 0.15) is 43.1 Å². The lowest BCUT2D eigenvalue weighted by Gasteiger charge is -2.33. The van der Waals surface area contributed by atoms with Crippen LogP contribution in [0, 0.1) is 6.92 Å². The third-order valence-electron chi connectivity index (χ3n) is 4.96. The zero-order valence-corrected chi connectivity index (χ0v) is 15.3. The predicted octanol–water partition coefficient (Wildman–Crippen LogP) is 0.593. The molecule has 2 N–H and O–H groups in total. The zero-order valence-electron chi connectivity index (χ0n) is 15.3. The van der Waals surface area contributed by atoms with Gasteiger partial charge < -0.3 is 20.3 Å². The Kier molecular flexibility index (Phi) is 6.03. The number of hydrogen-bond acceptors (Lipinski definition) is 6. The molecule has 2 fully saturated rings. The van der Waals surface area contributed by atoms with E-state index in [4.69, 9.17) is 10.5 Å². The number of primary amides is 1. The van der Waals surface area contributed by atoms with Crippen LogP contribution in [0.2, 0.25) is 0 Å². The SMILES string of the molecule is Cc1nc([C@@H]2CCCN(C(=O)CCC(N)=O)C2)cc(N2CCOCC2)n1. The highest BCUT2D eigenvalue weighted by molar-refractivity contribution is 5.83. The molecule has 2 aliphatic heterocycles. The quantitative estimate of drug-likeness (QED) is 0.824. The van der Waals surface area contributed by atoms with Crippen LogP contribution in [0.15, 0.2) is 6.07 Å². The molecule has 3 heterocycles. The van der Waals surface area contributed by atoms with Crippen molar-refractivity contribution in [2.24, 2.45) is 5.73 Å². The first-order valence-corrected chi connectivity index (χ1v) is 9.27. The number of hydrogen-bond donors (Lipinski definition) is 1. The topological polar surface area (TPSA) is 102 Å². The molecule has 0 bridgehead atoms. The van der Waals surface area contributed by atoms with Gasteiger partial charge >= 0.3 is 0 Å². The molecule has 0 radical (unpaired) electrons. The molecular formula is C18H27N5O3. The summed E-state index contributed by atoms with van der Waals surface area (Å²) in [5, 5.41) is 0. The Morgan fingerprint density at radius 2 is 2.00 bits per heavy atom. The van der Waals surface area contributed by atoms with Gasteiger partial charge in [0.05, 0.1) is 18.9 Å². The molecule has 2 amide bonds. The lowest BCUT2D eigenvalue weighted by Crippen LogP contribution is -2.40. The van der Waals surface area contributed by atoms with Gasteiger partial charge in [0, 0.05) is 51.0 Å². The number of morpholine rings is 1. The number of piperidine rings is 1. The summed E-state index contributed by atoms with van der Waals surface area (Å²) in [6.45, 7) is 6.36. The van der Waals surface area contributed by atoms with Crippen LogP contribution < -0.4 is 10.6 Å². The number of rotatable bonds is 5. The number of amides is 2.